The number of carbonyl (C=O) groups excluding carboxylic acids is 1. The van der Waals surface area contributed by atoms with Gasteiger partial charge in [0.25, 0.3) is 0 Å². The molecular formula is C11H19NO2. The average Bonchev–Trinajstić information content (AvgIpc) is 1.76. The van der Waals surface area contributed by atoms with Gasteiger partial charge in [0.2, 0.25) is 0 Å². The molecule has 0 aliphatic heterocycles. The van der Waals surface area contributed by atoms with E-state index in [0.717, 1.165) is 12.8 Å². The van der Waals surface area contributed by atoms with E-state index in [4.69, 9.17) is 10.5 Å². The fraction of sp³-hybridized carbons (Fsp3) is 0.909. The lowest BCUT2D eigenvalue weighted by Gasteiger charge is -2.76. The maximum Gasteiger partial charge on any atom is 0.405 e. The van der Waals surface area contributed by atoms with E-state index in [1.807, 2.05) is 0 Å². The van der Waals surface area contributed by atoms with Crippen LogP contribution >= 0.6 is 0 Å². The molecule has 3 fully saturated rings. The van der Waals surface area contributed by atoms with Crippen LogP contribution in [-0.4, -0.2) is 11.7 Å². The van der Waals surface area contributed by atoms with Crippen LogP contribution in [0.25, 0.3) is 0 Å². The molecule has 3 rings (SSSR count). The van der Waals surface area contributed by atoms with Gasteiger partial charge in [-0.15, -0.1) is 0 Å². The lowest BCUT2D eigenvalue weighted by Crippen LogP contribution is -2.78. The fourth-order valence-electron chi connectivity index (χ4n) is 4.26. The molecule has 1 unspecified atom stereocenters. The Bertz CT molecular complexity index is 279. The third kappa shape index (κ3) is 1.01. The van der Waals surface area contributed by atoms with Crippen molar-refractivity contribution in [3.63, 3.8) is 0 Å². The summed E-state index contributed by atoms with van der Waals surface area (Å²) < 4.78 is 5.28. The maximum atomic E-state index is 10.8. The van der Waals surface area contributed by atoms with Gasteiger partial charge in [0, 0.05) is 5.92 Å². The summed E-state index contributed by atoms with van der Waals surface area (Å²) in [5.74, 6) is 0.468. The van der Waals surface area contributed by atoms with Gasteiger partial charge in [0.05, 0.1) is 0 Å². The molecule has 2 bridgehead atoms. The van der Waals surface area contributed by atoms with Crippen LogP contribution in [0.4, 0.5) is 4.79 Å². The van der Waals surface area contributed by atoms with Crippen LogP contribution in [-0.2, 0) is 4.74 Å². The van der Waals surface area contributed by atoms with E-state index in [0.29, 0.717) is 11.3 Å². The minimum Gasteiger partial charge on any atom is -0.443 e. The Balaban J connectivity index is 2.15. The van der Waals surface area contributed by atoms with E-state index in [1.54, 1.807) is 0 Å². The Hall–Kier alpha value is -0.730. The van der Waals surface area contributed by atoms with Crippen LogP contribution in [0.1, 0.15) is 40.5 Å². The summed E-state index contributed by atoms with van der Waals surface area (Å²) in [7, 11) is 0. The van der Waals surface area contributed by atoms with Crippen LogP contribution in [0.5, 0.6) is 0 Å². The topological polar surface area (TPSA) is 52.3 Å². The molecular weight excluding hydrogens is 178 g/mol. The molecule has 0 saturated heterocycles. The number of carbonyl (C=O) groups is 1. The third-order valence-electron chi connectivity index (χ3n) is 3.80. The Morgan fingerprint density at radius 2 is 1.93 bits per heavy atom. The van der Waals surface area contributed by atoms with Crippen LogP contribution < -0.4 is 5.73 Å². The number of hydrogen-bond acceptors (Lipinski definition) is 2. The third-order valence-corrected chi connectivity index (χ3v) is 3.80. The number of ether oxygens (including phenoxy) is 1. The summed E-state index contributed by atoms with van der Waals surface area (Å²) in [4.78, 5) is 10.8. The maximum absolute atomic E-state index is 10.8. The molecule has 0 heterocycles. The lowest BCUT2D eigenvalue weighted by molar-refractivity contribution is -0.337. The Morgan fingerprint density at radius 1 is 1.43 bits per heavy atom. The summed E-state index contributed by atoms with van der Waals surface area (Å²) >= 11 is 0. The first-order valence-electron chi connectivity index (χ1n) is 5.18. The van der Waals surface area contributed by atoms with E-state index in [2.05, 4.69) is 27.7 Å². The second kappa shape index (κ2) is 2.26. The molecule has 1 atom stereocenters. The lowest BCUT2D eigenvalue weighted by atomic mass is 9.31. The fourth-order valence-corrected chi connectivity index (χ4v) is 4.26. The summed E-state index contributed by atoms with van der Waals surface area (Å²) in [6.07, 6.45) is 1.36. The highest BCUT2D eigenvalue weighted by Crippen LogP contribution is 2.77. The number of hydrogen-bond donors (Lipinski definition) is 1. The van der Waals surface area contributed by atoms with Gasteiger partial charge in [-0.3, -0.25) is 0 Å². The van der Waals surface area contributed by atoms with Crippen molar-refractivity contribution in [2.75, 3.05) is 0 Å². The summed E-state index contributed by atoms with van der Waals surface area (Å²) in [6.45, 7) is 8.88. The van der Waals surface area contributed by atoms with Crippen molar-refractivity contribution in [3.8, 4) is 0 Å². The van der Waals surface area contributed by atoms with Gasteiger partial charge in [-0.1, -0.05) is 27.7 Å². The first kappa shape index (κ1) is 9.81. The first-order chi connectivity index (χ1) is 6.20. The zero-order valence-corrected chi connectivity index (χ0v) is 9.39. The number of primary amides is 1. The van der Waals surface area contributed by atoms with Gasteiger partial charge in [-0.2, -0.15) is 0 Å². The highest BCUT2D eigenvalue weighted by molar-refractivity contribution is 5.66. The summed E-state index contributed by atoms with van der Waals surface area (Å²) in [5.41, 5.74) is 5.45. The number of amides is 1. The molecule has 80 valence electrons. The van der Waals surface area contributed by atoms with E-state index in [9.17, 15) is 4.79 Å². The highest BCUT2D eigenvalue weighted by Gasteiger charge is 2.78. The second-order valence-corrected chi connectivity index (χ2v) is 6.29. The molecule has 1 amide bonds. The number of nitrogens with two attached hydrogens (primary N) is 1. The molecule has 0 spiro atoms. The van der Waals surface area contributed by atoms with Crippen molar-refractivity contribution >= 4 is 6.09 Å². The minimum atomic E-state index is -0.624. The van der Waals surface area contributed by atoms with Crippen LogP contribution in [0.15, 0.2) is 0 Å². The van der Waals surface area contributed by atoms with Crippen LogP contribution in [0, 0.1) is 16.7 Å². The minimum absolute atomic E-state index is 0.195. The highest BCUT2D eigenvalue weighted by atomic mass is 16.6. The zero-order valence-electron chi connectivity index (χ0n) is 9.39. The van der Waals surface area contributed by atoms with Gasteiger partial charge in [0.1, 0.15) is 5.60 Å². The predicted octanol–water partition coefficient (Wildman–Crippen LogP) is 2.30. The Kier molecular flexibility index (Phi) is 1.58. The van der Waals surface area contributed by atoms with Crippen molar-refractivity contribution in [2.45, 2.75) is 46.1 Å². The van der Waals surface area contributed by atoms with Gasteiger partial charge in [0.15, 0.2) is 0 Å². The van der Waals surface area contributed by atoms with Gasteiger partial charge < -0.3 is 10.5 Å². The normalized spacial score (nSPS) is 45.0. The average molecular weight is 197 g/mol. The standard InChI is InChI=1S/C11H19NO2/c1-9(2,3)7-10(4)5-11(7,6-10)14-8(12)13/h7H,5-6H2,1-4H3,(H2,12,13). The molecule has 3 aliphatic carbocycles. The molecule has 0 aromatic rings. The first-order valence-corrected chi connectivity index (χ1v) is 5.18. The summed E-state index contributed by atoms with van der Waals surface area (Å²) in [6, 6.07) is 0. The molecule has 2 N–H and O–H groups in total. The van der Waals surface area contributed by atoms with Gasteiger partial charge in [-0.05, 0) is 23.7 Å². The van der Waals surface area contributed by atoms with E-state index >= 15 is 0 Å². The second-order valence-electron chi connectivity index (χ2n) is 6.29. The van der Waals surface area contributed by atoms with E-state index < -0.39 is 6.09 Å². The largest absolute Gasteiger partial charge is 0.443 e. The van der Waals surface area contributed by atoms with Crippen molar-refractivity contribution in [2.24, 2.45) is 22.5 Å². The molecule has 14 heavy (non-hydrogen) atoms. The molecule has 0 aromatic heterocycles. The molecule has 3 saturated carbocycles. The Labute approximate surface area is 85.0 Å². The molecule has 0 aromatic carbocycles. The van der Waals surface area contributed by atoms with Crippen LogP contribution in [0.2, 0.25) is 0 Å². The predicted molar refractivity (Wildman–Crippen MR) is 53.7 cm³/mol. The van der Waals surface area contributed by atoms with Crippen molar-refractivity contribution in [1.82, 2.24) is 0 Å². The van der Waals surface area contributed by atoms with Crippen molar-refractivity contribution in [1.29, 1.82) is 0 Å². The SMILES string of the molecule is CC(C)(C)C1C2(C)CC1(OC(N)=O)C2. The van der Waals surface area contributed by atoms with E-state index in [-0.39, 0.29) is 11.0 Å². The Morgan fingerprint density at radius 3 is 2.21 bits per heavy atom. The molecule has 3 aliphatic rings. The van der Waals surface area contributed by atoms with E-state index in [1.165, 1.54) is 0 Å². The van der Waals surface area contributed by atoms with Crippen molar-refractivity contribution in [3.05, 3.63) is 0 Å². The smallest absolute Gasteiger partial charge is 0.405 e. The van der Waals surface area contributed by atoms with Crippen LogP contribution in [0.3, 0.4) is 0 Å². The summed E-state index contributed by atoms with van der Waals surface area (Å²) in [5, 5.41) is 0. The van der Waals surface area contributed by atoms with Crippen molar-refractivity contribution < 1.29 is 9.53 Å². The number of rotatable bonds is 1. The quantitative estimate of drug-likeness (QED) is 0.701. The zero-order chi connectivity index (χ0) is 10.8. The molecule has 3 nitrogen and oxygen atoms in total. The van der Waals surface area contributed by atoms with Gasteiger partial charge in [-0.25, -0.2) is 4.79 Å². The van der Waals surface area contributed by atoms with Gasteiger partial charge >= 0.3 is 6.09 Å². The molecule has 3 heteroatoms. The monoisotopic (exact) mass is 197 g/mol. The molecule has 0 radical (unpaired) electrons.